The first-order chi connectivity index (χ1) is 6.86. The number of ether oxygens (including phenoxy) is 2. The molecule has 1 aliphatic heterocycles. The van der Waals surface area contributed by atoms with Crippen molar-refractivity contribution in [3.8, 4) is 0 Å². The molecule has 0 saturated carbocycles. The normalized spacial score (nSPS) is 24.9. The fourth-order valence-electron chi connectivity index (χ4n) is 1.60. The molecule has 0 aromatic heterocycles. The molecule has 2 atom stereocenters. The molecule has 0 aromatic rings. The smallest absolute Gasteiger partial charge is 0.0928 e. The second-order valence-electron chi connectivity index (χ2n) is 3.64. The van der Waals surface area contributed by atoms with Gasteiger partial charge in [0, 0.05) is 32.6 Å². The highest BCUT2D eigenvalue weighted by Gasteiger charge is 2.15. The van der Waals surface area contributed by atoms with Crippen molar-refractivity contribution >= 4 is 11.8 Å². The van der Waals surface area contributed by atoms with E-state index < -0.39 is 0 Å². The second-order valence-corrected chi connectivity index (χ2v) is 4.79. The van der Waals surface area contributed by atoms with Crippen molar-refractivity contribution in [1.29, 1.82) is 0 Å². The van der Waals surface area contributed by atoms with Crippen molar-refractivity contribution in [3.63, 3.8) is 0 Å². The Morgan fingerprint density at radius 2 is 2.36 bits per heavy atom. The number of thioether (sulfide) groups is 1. The van der Waals surface area contributed by atoms with E-state index in [0.717, 1.165) is 6.54 Å². The maximum absolute atomic E-state index is 5.29. The van der Waals surface area contributed by atoms with Gasteiger partial charge in [-0.1, -0.05) is 0 Å². The Morgan fingerprint density at radius 3 is 2.93 bits per heavy atom. The summed E-state index contributed by atoms with van der Waals surface area (Å²) in [4.78, 5) is 0. The van der Waals surface area contributed by atoms with E-state index in [1.807, 2.05) is 11.8 Å². The van der Waals surface area contributed by atoms with E-state index in [-0.39, 0.29) is 6.10 Å². The lowest BCUT2D eigenvalue weighted by Gasteiger charge is -2.24. The van der Waals surface area contributed by atoms with Crippen molar-refractivity contribution in [2.24, 2.45) is 0 Å². The fourth-order valence-corrected chi connectivity index (χ4v) is 2.70. The summed E-state index contributed by atoms with van der Waals surface area (Å²) in [6, 6.07) is 0.670. The van der Waals surface area contributed by atoms with Crippen LogP contribution in [-0.4, -0.2) is 51.0 Å². The van der Waals surface area contributed by atoms with Crippen LogP contribution >= 0.6 is 11.8 Å². The maximum atomic E-state index is 5.29. The third-order valence-electron chi connectivity index (χ3n) is 2.48. The van der Waals surface area contributed by atoms with Crippen LogP contribution < -0.4 is 5.32 Å². The average Bonchev–Trinajstić information content (AvgIpc) is 2.25. The molecule has 2 unspecified atom stereocenters. The van der Waals surface area contributed by atoms with Gasteiger partial charge in [0.1, 0.15) is 0 Å². The summed E-state index contributed by atoms with van der Waals surface area (Å²) >= 11 is 2.04. The molecule has 1 heterocycles. The summed E-state index contributed by atoms with van der Waals surface area (Å²) in [5.74, 6) is 2.56. The van der Waals surface area contributed by atoms with Gasteiger partial charge in [-0.2, -0.15) is 11.8 Å². The third-order valence-corrected chi connectivity index (χ3v) is 3.70. The molecule has 0 radical (unpaired) electrons. The maximum Gasteiger partial charge on any atom is 0.0928 e. The first-order valence-electron chi connectivity index (χ1n) is 5.19. The van der Waals surface area contributed by atoms with Crippen LogP contribution in [0.15, 0.2) is 0 Å². The van der Waals surface area contributed by atoms with Gasteiger partial charge in [0.15, 0.2) is 0 Å². The van der Waals surface area contributed by atoms with Gasteiger partial charge in [-0.3, -0.25) is 0 Å². The summed E-state index contributed by atoms with van der Waals surface area (Å²) in [6.07, 6.45) is 2.83. The van der Waals surface area contributed by atoms with E-state index in [2.05, 4.69) is 5.32 Å². The molecule has 1 N–H and O–H groups in total. The number of hydrogen-bond donors (Lipinski definition) is 1. The molecule has 3 nitrogen and oxygen atoms in total. The lowest BCUT2D eigenvalue weighted by Crippen LogP contribution is -2.40. The van der Waals surface area contributed by atoms with Crippen molar-refractivity contribution in [1.82, 2.24) is 5.32 Å². The van der Waals surface area contributed by atoms with E-state index >= 15 is 0 Å². The van der Waals surface area contributed by atoms with Crippen molar-refractivity contribution in [2.75, 3.05) is 38.9 Å². The van der Waals surface area contributed by atoms with Crippen LogP contribution in [-0.2, 0) is 9.47 Å². The summed E-state index contributed by atoms with van der Waals surface area (Å²) in [5.41, 5.74) is 0. The number of nitrogens with one attached hydrogen (secondary N) is 1. The van der Waals surface area contributed by atoms with Crippen LogP contribution in [0.25, 0.3) is 0 Å². The lowest BCUT2D eigenvalue weighted by molar-refractivity contribution is 0.0275. The molecular formula is C10H21NO2S. The summed E-state index contributed by atoms with van der Waals surface area (Å²) in [6.45, 7) is 1.57. The Balaban J connectivity index is 2.10. The minimum atomic E-state index is 0.187. The summed E-state index contributed by atoms with van der Waals surface area (Å²) in [5, 5.41) is 3.53. The Labute approximate surface area is 90.9 Å². The monoisotopic (exact) mass is 219 g/mol. The Hall–Kier alpha value is 0.230. The predicted molar refractivity (Wildman–Crippen MR) is 61.0 cm³/mol. The summed E-state index contributed by atoms with van der Waals surface area (Å²) < 4.78 is 10.4. The van der Waals surface area contributed by atoms with Crippen LogP contribution in [0.2, 0.25) is 0 Å². The highest BCUT2D eigenvalue weighted by molar-refractivity contribution is 7.99. The minimum Gasteiger partial charge on any atom is -0.382 e. The zero-order valence-corrected chi connectivity index (χ0v) is 9.94. The number of hydrogen-bond acceptors (Lipinski definition) is 4. The molecule has 1 saturated heterocycles. The molecule has 0 aliphatic carbocycles. The van der Waals surface area contributed by atoms with Crippen molar-refractivity contribution in [2.45, 2.75) is 25.0 Å². The molecule has 0 spiro atoms. The van der Waals surface area contributed by atoms with Crippen molar-refractivity contribution < 1.29 is 9.47 Å². The minimum absolute atomic E-state index is 0.187. The van der Waals surface area contributed by atoms with E-state index in [1.165, 1.54) is 24.3 Å². The zero-order valence-electron chi connectivity index (χ0n) is 9.12. The van der Waals surface area contributed by atoms with Gasteiger partial charge in [-0.15, -0.1) is 0 Å². The molecular weight excluding hydrogens is 198 g/mol. The zero-order chi connectivity index (χ0) is 10.2. The van der Waals surface area contributed by atoms with Gasteiger partial charge >= 0.3 is 0 Å². The van der Waals surface area contributed by atoms with Gasteiger partial charge < -0.3 is 14.8 Å². The van der Waals surface area contributed by atoms with Crippen LogP contribution in [0.3, 0.4) is 0 Å². The molecule has 4 heteroatoms. The highest BCUT2D eigenvalue weighted by Crippen LogP contribution is 2.16. The van der Waals surface area contributed by atoms with Crippen LogP contribution in [0.1, 0.15) is 12.8 Å². The first-order valence-corrected chi connectivity index (χ1v) is 6.35. The predicted octanol–water partition coefficient (Wildman–Crippen LogP) is 1.13. The third kappa shape index (κ3) is 4.64. The van der Waals surface area contributed by atoms with E-state index in [1.54, 1.807) is 14.2 Å². The van der Waals surface area contributed by atoms with Gasteiger partial charge in [-0.25, -0.2) is 0 Å². The van der Waals surface area contributed by atoms with Crippen molar-refractivity contribution in [3.05, 3.63) is 0 Å². The van der Waals surface area contributed by atoms with Crippen LogP contribution in [0.4, 0.5) is 0 Å². The molecule has 84 valence electrons. The second kappa shape index (κ2) is 7.51. The lowest BCUT2D eigenvalue weighted by atomic mass is 10.2. The van der Waals surface area contributed by atoms with Gasteiger partial charge in [-0.05, 0) is 18.6 Å². The SMILES string of the molecule is COCC(CNC1CCCSC1)OC. The molecule has 0 bridgehead atoms. The van der Waals surface area contributed by atoms with Gasteiger partial charge in [0.05, 0.1) is 12.7 Å². The molecule has 0 amide bonds. The van der Waals surface area contributed by atoms with Gasteiger partial charge in [0.2, 0.25) is 0 Å². The molecule has 1 aliphatic rings. The molecule has 1 rings (SSSR count). The van der Waals surface area contributed by atoms with E-state index in [0.29, 0.717) is 12.6 Å². The Kier molecular flexibility index (Phi) is 6.60. The molecule has 0 aromatic carbocycles. The Morgan fingerprint density at radius 1 is 1.50 bits per heavy atom. The van der Waals surface area contributed by atoms with Crippen LogP contribution in [0, 0.1) is 0 Å². The average molecular weight is 219 g/mol. The fraction of sp³-hybridized carbons (Fsp3) is 1.00. The largest absolute Gasteiger partial charge is 0.382 e. The topological polar surface area (TPSA) is 30.5 Å². The first kappa shape index (κ1) is 12.3. The highest BCUT2D eigenvalue weighted by atomic mass is 32.2. The molecule has 14 heavy (non-hydrogen) atoms. The van der Waals surface area contributed by atoms with Gasteiger partial charge in [0.25, 0.3) is 0 Å². The molecule has 1 fully saturated rings. The summed E-state index contributed by atoms with van der Waals surface area (Å²) in [7, 11) is 3.45. The number of rotatable bonds is 6. The number of methoxy groups -OCH3 is 2. The van der Waals surface area contributed by atoms with E-state index in [4.69, 9.17) is 9.47 Å². The van der Waals surface area contributed by atoms with E-state index in [9.17, 15) is 0 Å². The standard InChI is InChI=1S/C10H21NO2S/c1-12-7-10(13-2)6-11-9-4-3-5-14-8-9/h9-11H,3-8H2,1-2H3. The Bertz CT molecular complexity index is 135. The van der Waals surface area contributed by atoms with Crippen LogP contribution in [0.5, 0.6) is 0 Å². The quantitative estimate of drug-likeness (QED) is 0.725.